The summed E-state index contributed by atoms with van der Waals surface area (Å²) in [4.78, 5) is 34.4. The maximum atomic E-state index is 13.5. The number of rotatable bonds is 5. The fourth-order valence-corrected chi connectivity index (χ4v) is 4.75. The van der Waals surface area contributed by atoms with Crippen molar-refractivity contribution in [1.82, 2.24) is 0 Å². The van der Waals surface area contributed by atoms with Crippen LogP contribution in [0.1, 0.15) is 52.7 Å². The predicted octanol–water partition coefficient (Wildman–Crippen LogP) is 2.71. The van der Waals surface area contributed by atoms with Gasteiger partial charge in [-0.1, -0.05) is 30.3 Å². The van der Waals surface area contributed by atoms with E-state index in [0.717, 1.165) is 29.8 Å². The van der Waals surface area contributed by atoms with Gasteiger partial charge < -0.3 is 4.90 Å². The van der Waals surface area contributed by atoms with Crippen molar-refractivity contribution >= 4 is 23.7 Å². The molecule has 0 radical (unpaired) electrons. The van der Waals surface area contributed by atoms with E-state index in [4.69, 9.17) is 4.99 Å². The minimum atomic E-state index is -0.537. The monoisotopic (exact) mass is 404 g/mol. The lowest BCUT2D eigenvalue weighted by atomic mass is 9.88. The maximum absolute atomic E-state index is 13.5. The Bertz CT molecular complexity index is 998. The van der Waals surface area contributed by atoms with Crippen molar-refractivity contribution in [3.05, 3.63) is 64.7 Å². The van der Waals surface area contributed by atoms with Crippen LogP contribution >= 0.6 is 0 Å². The molecule has 0 saturated carbocycles. The van der Waals surface area contributed by atoms with Crippen LogP contribution in [0.2, 0.25) is 0 Å². The van der Waals surface area contributed by atoms with Crippen LogP contribution in [0.25, 0.3) is 0 Å². The fourth-order valence-electron chi connectivity index (χ4n) is 4.75. The molecule has 2 amide bonds. The van der Waals surface area contributed by atoms with Gasteiger partial charge in [-0.3, -0.25) is 14.6 Å². The predicted molar refractivity (Wildman–Crippen MR) is 120 cm³/mol. The van der Waals surface area contributed by atoms with E-state index in [-0.39, 0.29) is 11.8 Å². The highest BCUT2D eigenvalue weighted by Crippen LogP contribution is 2.33. The molecule has 2 unspecified atom stereocenters. The number of likely N-dealkylation sites (N-methyl/N-ethyl adjacent to an activating group) is 1. The number of hydrogen-bond acceptors (Lipinski definition) is 3. The zero-order valence-electron chi connectivity index (χ0n) is 18.0. The van der Waals surface area contributed by atoms with E-state index in [1.807, 2.05) is 56.3 Å². The summed E-state index contributed by atoms with van der Waals surface area (Å²) in [6.07, 6.45) is 4.20. The first-order chi connectivity index (χ1) is 14.5. The van der Waals surface area contributed by atoms with Crippen LogP contribution in [0, 0.1) is 13.8 Å². The number of amides is 2. The van der Waals surface area contributed by atoms with E-state index >= 15 is 0 Å². The molecule has 2 aliphatic rings. The van der Waals surface area contributed by atoms with Crippen LogP contribution in [-0.4, -0.2) is 43.7 Å². The molecule has 156 valence electrons. The van der Waals surface area contributed by atoms with Gasteiger partial charge >= 0.3 is 0 Å². The van der Waals surface area contributed by atoms with Gasteiger partial charge in [-0.15, -0.1) is 0 Å². The number of benzene rings is 2. The number of nitrogens with zero attached hydrogens (tertiary/aromatic N) is 2. The minimum Gasteiger partial charge on any atom is -0.331 e. The molecular weight excluding hydrogens is 374 g/mol. The normalized spacial score (nSPS) is 24.0. The molecule has 2 aromatic rings. The number of aryl methyl sites for hydroxylation is 2. The smallest absolute Gasteiger partial charge is 0.265 e. The fraction of sp³-hybridized carbons (Fsp3) is 0.400. The SMILES string of the molecule is CC[NH+]1CCC[C@H]1CN=CC1C(=O)N(c2cc(C)ccc2C)C(=O)c2ccccc21. The second kappa shape index (κ2) is 8.52. The Balaban J connectivity index is 1.68. The molecule has 0 bridgehead atoms. The molecule has 2 heterocycles. The Labute approximate surface area is 178 Å². The van der Waals surface area contributed by atoms with E-state index < -0.39 is 5.92 Å². The Morgan fingerprint density at radius 3 is 2.77 bits per heavy atom. The van der Waals surface area contributed by atoms with Crippen molar-refractivity contribution in [1.29, 1.82) is 0 Å². The second-order valence-corrected chi connectivity index (χ2v) is 8.45. The highest BCUT2D eigenvalue weighted by molar-refractivity contribution is 6.29. The number of likely N-dealkylation sites (tertiary alicyclic amines) is 1. The van der Waals surface area contributed by atoms with Crippen LogP contribution in [0.15, 0.2) is 47.5 Å². The van der Waals surface area contributed by atoms with Gasteiger partial charge in [0.25, 0.3) is 5.91 Å². The quantitative estimate of drug-likeness (QED) is 0.615. The molecular formula is C25H30N3O2+. The maximum Gasteiger partial charge on any atom is 0.265 e. The largest absolute Gasteiger partial charge is 0.331 e. The number of quaternary nitrogens is 1. The summed E-state index contributed by atoms with van der Waals surface area (Å²) in [7, 11) is 0. The highest BCUT2D eigenvalue weighted by atomic mass is 16.2. The molecule has 1 fully saturated rings. The zero-order chi connectivity index (χ0) is 21.3. The van der Waals surface area contributed by atoms with E-state index in [2.05, 4.69) is 6.92 Å². The van der Waals surface area contributed by atoms with Crippen molar-refractivity contribution in [2.75, 3.05) is 24.5 Å². The highest BCUT2D eigenvalue weighted by Gasteiger charge is 2.39. The van der Waals surface area contributed by atoms with Crippen molar-refractivity contribution < 1.29 is 14.5 Å². The van der Waals surface area contributed by atoms with Gasteiger partial charge in [-0.2, -0.15) is 0 Å². The number of aliphatic imine (C=N–C) groups is 1. The summed E-state index contributed by atoms with van der Waals surface area (Å²) < 4.78 is 0. The van der Waals surface area contributed by atoms with Gasteiger partial charge in [-0.05, 0) is 49.6 Å². The molecule has 30 heavy (non-hydrogen) atoms. The van der Waals surface area contributed by atoms with Gasteiger partial charge in [0, 0.05) is 24.6 Å². The van der Waals surface area contributed by atoms with Crippen molar-refractivity contribution in [3.8, 4) is 0 Å². The molecule has 2 aliphatic heterocycles. The van der Waals surface area contributed by atoms with Gasteiger partial charge in [0.05, 0.1) is 31.2 Å². The summed E-state index contributed by atoms with van der Waals surface area (Å²) >= 11 is 0. The number of fused-ring (bicyclic) bond motifs is 1. The number of imide groups is 1. The Kier molecular flexibility index (Phi) is 5.82. The first kappa shape index (κ1) is 20.5. The molecule has 2 aromatic carbocycles. The number of nitrogens with one attached hydrogen (secondary N) is 1. The number of carbonyl (C=O) groups is 2. The molecule has 3 atom stereocenters. The summed E-state index contributed by atoms with van der Waals surface area (Å²) in [5.74, 6) is -1.01. The van der Waals surface area contributed by atoms with Gasteiger partial charge in [0.1, 0.15) is 6.04 Å². The second-order valence-electron chi connectivity index (χ2n) is 8.45. The summed E-state index contributed by atoms with van der Waals surface area (Å²) in [6.45, 7) is 9.16. The van der Waals surface area contributed by atoms with E-state index in [1.54, 1.807) is 11.1 Å². The van der Waals surface area contributed by atoms with Gasteiger partial charge in [-0.25, -0.2) is 4.90 Å². The van der Waals surface area contributed by atoms with Gasteiger partial charge in [0.15, 0.2) is 0 Å². The third kappa shape index (κ3) is 3.70. The van der Waals surface area contributed by atoms with Crippen molar-refractivity contribution in [2.24, 2.45) is 4.99 Å². The van der Waals surface area contributed by atoms with Crippen molar-refractivity contribution in [3.63, 3.8) is 0 Å². The van der Waals surface area contributed by atoms with Gasteiger partial charge in [0.2, 0.25) is 5.91 Å². The summed E-state index contributed by atoms with van der Waals surface area (Å²) in [5, 5.41) is 0. The molecule has 0 aromatic heterocycles. The summed E-state index contributed by atoms with van der Waals surface area (Å²) in [5.41, 5.74) is 3.92. The van der Waals surface area contributed by atoms with Crippen LogP contribution in [0.5, 0.6) is 0 Å². The molecule has 4 rings (SSSR count). The Hall–Kier alpha value is -2.79. The molecule has 5 heteroatoms. The average molecular weight is 405 g/mol. The summed E-state index contributed by atoms with van der Waals surface area (Å²) in [6, 6.07) is 13.8. The molecule has 1 saturated heterocycles. The molecule has 0 aliphatic carbocycles. The third-order valence-corrected chi connectivity index (χ3v) is 6.48. The molecule has 1 N–H and O–H groups in total. The minimum absolute atomic E-state index is 0.220. The number of anilines is 1. The Morgan fingerprint density at radius 1 is 1.17 bits per heavy atom. The molecule has 5 nitrogen and oxygen atoms in total. The van der Waals surface area contributed by atoms with E-state index in [9.17, 15) is 9.59 Å². The van der Waals surface area contributed by atoms with E-state index in [0.29, 0.717) is 17.3 Å². The first-order valence-corrected chi connectivity index (χ1v) is 10.9. The topological polar surface area (TPSA) is 54.2 Å². The lowest BCUT2D eigenvalue weighted by Gasteiger charge is -2.32. The lowest BCUT2D eigenvalue weighted by Crippen LogP contribution is -3.13. The third-order valence-electron chi connectivity index (χ3n) is 6.48. The van der Waals surface area contributed by atoms with Crippen molar-refractivity contribution in [2.45, 2.75) is 45.6 Å². The van der Waals surface area contributed by atoms with Crippen LogP contribution in [0.3, 0.4) is 0 Å². The lowest BCUT2D eigenvalue weighted by molar-refractivity contribution is -0.908. The average Bonchev–Trinajstić information content (AvgIpc) is 3.20. The van der Waals surface area contributed by atoms with E-state index in [1.165, 1.54) is 24.3 Å². The first-order valence-electron chi connectivity index (χ1n) is 10.9. The number of hydrogen-bond donors (Lipinski definition) is 1. The van der Waals surface area contributed by atoms with Crippen LogP contribution < -0.4 is 9.80 Å². The number of carbonyl (C=O) groups excluding carboxylic acids is 2. The van der Waals surface area contributed by atoms with Crippen LogP contribution in [0.4, 0.5) is 5.69 Å². The Morgan fingerprint density at radius 2 is 1.97 bits per heavy atom. The van der Waals surface area contributed by atoms with Crippen LogP contribution in [-0.2, 0) is 4.79 Å². The standard InChI is InChI=1S/C25H29N3O2/c1-4-27-13-7-8-19(27)15-26-16-22-20-9-5-6-10-21(20)24(29)28(25(22)30)23-14-17(2)11-12-18(23)3/h5-6,9-12,14,16,19,22H,4,7-8,13,15H2,1-3H3/p+1/t19-,22?/m0/s1. The zero-order valence-corrected chi connectivity index (χ0v) is 18.0. The molecule has 0 spiro atoms.